The van der Waals surface area contributed by atoms with Crippen molar-refractivity contribution in [1.29, 1.82) is 0 Å². The molecule has 0 bridgehead atoms. The van der Waals surface area contributed by atoms with Crippen LogP contribution in [0.5, 0.6) is 5.75 Å². The molecule has 2 N–H and O–H groups in total. The molecule has 4 rings (SSSR count). The summed E-state index contributed by atoms with van der Waals surface area (Å²) in [5.74, 6) is 0.854. The first-order valence-corrected chi connectivity index (χ1v) is 10.5. The van der Waals surface area contributed by atoms with E-state index in [0.717, 1.165) is 11.4 Å². The van der Waals surface area contributed by atoms with Crippen LogP contribution in [0.15, 0.2) is 59.2 Å². The van der Waals surface area contributed by atoms with Crippen molar-refractivity contribution in [2.75, 3.05) is 23.8 Å². The maximum Gasteiger partial charge on any atom is 0.229 e. The van der Waals surface area contributed by atoms with Crippen LogP contribution in [-0.2, 0) is 9.47 Å². The van der Waals surface area contributed by atoms with Gasteiger partial charge in [0.2, 0.25) is 5.95 Å². The lowest BCUT2D eigenvalue weighted by Crippen LogP contribution is -2.25. The van der Waals surface area contributed by atoms with Crippen molar-refractivity contribution in [3.8, 4) is 5.75 Å². The van der Waals surface area contributed by atoms with Crippen LogP contribution in [0.25, 0.3) is 0 Å². The summed E-state index contributed by atoms with van der Waals surface area (Å²) in [6.07, 6.45) is 1.56. The molecule has 3 aromatic rings. The first-order valence-electron chi connectivity index (χ1n) is 9.73. The van der Waals surface area contributed by atoms with Gasteiger partial charge in [0.1, 0.15) is 30.1 Å². The average molecular weight is 489 g/mol. The molecule has 0 amide bonds. The minimum Gasteiger partial charge on any atom is -0.491 e. The van der Waals surface area contributed by atoms with Gasteiger partial charge in [0.05, 0.1) is 11.1 Å². The topological polar surface area (TPSA) is 77.5 Å². The zero-order valence-electron chi connectivity index (χ0n) is 17.1. The summed E-state index contributed by atoms with van der Waals surface area (Å²) in [4.78, 5) is 8.76. The predicted octanol–water partition coefficient (Wildman–Crippen LogP) is 5.40. The summed E-state index contributed by atoms with van der Waals surface area (Å²) in [6.45, 7) is 4.71. The van der Waals surface area contributed by atoms with Crippen molar-refractivity contribution in [1.82, 2.24) is 9.97 Å². The lowest BCUT2D eigenvalue weighted by molar-refractivity contribution is -0.141. The third kappa shape index (κ3) is 5.90. The van der Waals surface area contributed by atoms with Crippen LogP contribution in [-0.4, -0.2) is 35.1 Å². The fraction of sp³-hybridized carbons (Fsp3) is 0.273. The minimum atomic E-state index is -0.559. The maximum absolute atomic E-state index is 13.1. The van der Waals surface area contributed by atoms with Crippen LogP contribution in [0.1, 0.15) is 13.8 Å². The molecule has 1 atom stereocenters. The van der Waals surface area contributed by atoms with Crippen LogP contribution in [0.3, 0.4) is 0 Å². The molecule has 0 radical (unpaired) electrons. The summed E-state index contributed by atoms with van der Waals surface area (Å²) in [6, 6.07) is 13.5. The highest BCUT2D eigenvalue weighted by Gasteiger charge is 2.32. The van der Waals surface area contributed by atoms with E-state index in [-0.39, 0.29) is 11.9 Å². The Bertz CT molecular complexity index is 1030. The second-order valence-corrected chi connectivity index (χ2v) is 8.29. The number of halogens is 2. The summed E-state index contributed by atoms with van der Waals surface area (Å²) in [7, 11) is 0. The van der Waals surface area contributed by atoms with Crippen molar-refractivity contribution < 1.29 is 18.6 Å². The Morgan fingerprint density at radius 2 is 1.77 bits per heavy atom. The van der Waals surface area contributed by atoms with Crippen molar-refractivity contribution >= 4 is 39.1 Å². The van der Waals surface area contributed by atoms with Gasteiger partial charge in [-0.2, -0.15) is 4.98 Å². The molecule has 0 aliphatic carbocycles. The van der Waals surface area contributed by atoms with Crippen molar-refractivity contribution in [3.63, 3.8) is 0 Å². The molecule has 1 aromatic heterocycles. The molecule has 1 aliphatic rings. The standard InChI is InChI=1S/C22H22BrFN4O3/c1-22(2)30-13-18(31-22)12-29-17-9-7-16(8-10-17)27-21-25-11-19(23)20(28-21)26-15-5-3-14(24)4-6-15/h3-11,18H,12-13H2,1-2H3,(H2,25,26,27,28). The zero-order valence-corrected chi connectivity index (χ0v) is 18.6. The summed E-state index contributed by atoms with van der Waals surface area (Å²) >= 11 is 3.42. The molecule has 162 valence electrons. The van der Waals surface area contributed by atoms with E-state index in [1.165, 1.54) is 12.1 Å². The lowest BCUT2D eigenvalue weighted by Gasteiger charge is -2.17. The Balaban J connectivity index is 1.36. The van der Waals surface area contributed by atoms with Gasteiger partial charge in [0.15, 0.2) is 5.79 Å². The van der Waals surface area contributed by atoms with Crippen LogP contribution >= 0.6 is 15.9 Å². The number of nitrogens with one attached hydrogen (secondary N) is 2. The number of hydrogen-bond donors (Lipinski definition) is 2. The van der Waals surface area contributed by atoms with Gasteiger partial charge in [-0.25, -0.2) is 9.37 Å². The number of anilines is 4. The van der Waals surface area contributed by atoms with Crippen LogP contribution < -0.4 is 15.4 Å². The van der Waals surface area contributed by atoms with Gasteiger partial charge >= 0.3 is 0 Å². The Morgan fingerprint density at radius 1 is 1.10 bits per heavy atom. The Labute approximate surface area is 188 Å². The number of rotatable bonds is 7. The SMILES string of the molecule is CC1(C)OCC(COc2ccc(Nc3ncc(Br)c(Nc4ccc(F)cc4)n3)cc2)O1. The van der Waals surface area contributed by atoms with E-state index in [2.05, 4.69) is 36.5 Å². The monoisotopic (exact) mass is 488 g/mol. The van der Waals surface area contributed by atoms with Gasteiger partial charge in [-0.15, -0.1) is 0 Å². The van der Waals surface area contributed by atoms with E-state index in [9.17, 15) is 4.39 Å². The third-order valence-electron chi connectivity index (χ3n) is 4.46. The van der Waals surface area contributed by atoms with E-state index < -0.39 is 5.79 Å². The highest BCUT2D eigenvalue weighted by Crippen LogP contribution is 2.27. The van der Waals surface area contributed by atoms with E-state index >= 15 is 0 Å². The smallest absolute Gasteiger partial charge is 0.229 e. The van der Waals surface area contributed by atoms with Gasteiger partial charge in [0, 0.05) is 17.6 Å². The first-order chi connectivity index (χ1) is 14.9. The van der Waals surface area contributed by atoms with Gasteiger partial charge in [-0.05, 0) is 78.3 Å². The van der Waals surface area contributed by atoms with E-state index in [0.29, 0.717) is 35.1 Å². The fourth-order valence-corrected chi connectivity index (χ4v) is 3.27. The normalized spacial score (nSPS) is 17.4. The van der Waals surface area contributed by atoms with Crippen LogP contribution in [0, 0.1) is 5.82 Å². The predicted molar refractivity (Wildman–Crippen MR) is 120 cm³/mol. The molecule has 1 aliphatic heterocycles. The second-order valence-electron chi connectivity index (χ2n) is 7.43. The minimum absolute atomic E-state index is 0.0870. The third-order valence-corrected chi connectivity index (χ3v) is 5.05. The molecule has 31 heavy (non-hydrogen) atoms. The van der Waals surface area contributed by atoms with Gasteiger partial charge in [0.25, 0.3) is 0 Å². The van der Waals surface area contributed by atoms with E-state index in [4.69, 9.17) is 14.2 Å². The Kier molecular flexibility index (Phi) is 6.35. The molecular formula is C22H22BrFN4O3. The summed E-state index contributed by atoms with van der Waals surface area (Å²) in [5, 5.41) is 6.30. The molecule has 1 saturated heterocycles. The maximum atomic E-state index is 13.1. The van der Waals surface area contributed by atoms with Crippen molar-refractivity contribution in [2.45, 2.75) is 25.7 Å². The molecule has 2 heterocycles. The summed E-state index contributed by atoms with van der Waals surface area (Å²) < 4.78 is 30.9. The van der Waals surface area contributed by atoms with Gasteiger partial charge < -0.3 is 24.8 Å². The average Bonchev–Trinajstić information content (AvgIpc) is 3.10. The largest absolute Gasteiger partial charge is 0.491 e. The van der Waals surface area contributed by atoms with Crippen LogP contribution in [0.2, 0.25) is 0 Å². The Morgan fingerprint density at radius 3 is 2.45 bits per heavy atom. The highest BCUT2D eigenvalue weighted by molar-refractivity contribution is 9.10. The highest BCUT2D eigenvalue weighted by atomic mass is 79.9. The van der Waals surface area contributed by atoms with Crippen molar-refractivity contribution in [3.05, 3.63) is 65.0 Å². The number of nitrogens with zero attached hydrogens (tertiary/aromatic N) is 2. The molecule has 9 heteroatoms. The molecule has 0 saturated carbocycles. The second kappa shape index (κ2) is 9.17. The molecule has 0 spiro atoms. The van der Waals surface area contributed by atoms with E-state index in [1.54, 1.807) is 18.3 Å². The van der Waals surface area contributed by atoms with Crippen molar-refractivity contribution in [2.24, 2.45) is 0 Å². The zero-order chi connectivity index (χ0) is 21.8. The number of hydrogen-bond acceptors (Lipinski definition) is 7. The lowest BCUT2D eigenvalue weighted by atomic mass is 10.3. The quantitative estimate of drug-likeness (QED) is 0.461. The summed E-state index contributed by atoms with van der Waals surface area (Å²) in [5.41, 5.74) is 1.53. The fourth-order valence-electron chi connectivity index (χ4n) is 2.98. The van der Waals surface area contributed by atoms with E-state index in [1.807, 2.05) is 38.1 Å². The van der Waals surface area contributed by atoms with Crippen LogP contribution in [0.4, 0.5) is 27.5 Å². The first kappa shape index (κ1) is 21.5. The molecule has 2 aromatic carbocycles. The molecule has 1 unspecified atom stereocenters. The Hall–Kier alpha value is -2.75. The number of benzene rings is 2. The van der Waals surface area contributed by atoms with Gasteiger partial charge in [-0.3, -0.25) is 0 Å². The van der Waals surface area contributed by atoms with Gasteiger partial charge in [-0.1, -0.05) is 0 Å². The molecular weight excluding hydrogens is 467 g/mol. The molecule has 7 nitrogen and oxygen atoms in total. The molecule has 1 fully saturated rings. The number of ether oxygens (including phenoxy) is 3. The number of aromatic nitrogens is 2.